The van der Waals surface area contributed by atoms with E-state index in [0.717, 1.165) is 31.2 Å². The van der Waals surface area contributed by atoms with Crippen LogP contribution in [0.5, 0.6) is 0 Å². The minimum absolute atomic E-state index is 0.0641. The summed E-state index contributed by atoms with van der Waals surface area (Å²) in [5.74, 6) is -0.311. The molecule has 2 rings (SSSR count). The van der Waals surface area contributed by atoms with Gasteiger partial charge in [-0.2, -0.15) is 0 Å². The van der Waals surface area contributed by atoms with Gasteiger partial charge in [0.1, 0.15) is 6.10 Å². The van der Waals surface area contributed by atoms with Gasteiger partial charge in [-0.3, -0.25) is 4.79 Å². The first-order chi connectivity index (χ1) is 9.65. The monoisotopic (exact) mass is 275 g/mol. The number of hydrogen-bond acceptors (Lipinski definition) is 3. The first-order valence-corrected chi connectivity index (χ1v) is 7.19. The predicted molar refractivity (Wildman–Crippen MR) is 76.3 cm³/mol. The molecule has 20 heavy (non-hydrogen) atoms. The Bertz CT molecular complexity index is 461. The van der Waals surface area contributed by atoms with E-state index in [4.69, 9.17) is 4.74 Å². The molecule has 1 aromatic rings. The van der Waals surface area contributed by atoms with Crippen molar-refractivity contribution in [2.75, 3.05) is 0 Å². The molecule has 1 N–H and O–H groups in total. The fraction of sp³-hybridized carbons (Fsp3) is 0.500. The van der Waals surface area contributed by atoms with Crippen LogP contribution < -0.4 is 5.32 Å². The fourth-order valence-corrected chi connectivity index (χ4v) is 2.39. The first-order valence-electron chi connectivity index (χ1n) is 7.19. The highest BCUT2D eigenvalue weighted by Crippen LogP contribution is 2.21. The Morgan fingerprint density at radius 2 is 1.80 bits per heavy atom. The number of hydrogen-bond donors (Lipinski definition) is 1. The van der Waals surface area contributed by atoms with Crippen molar-refractivity contribution in [1.82, 2.24) is 5.32 Å². The molecule has 0 atom stereocenters. The molecule has 4 nitrogen and oxygen atoms in total. The van der Waals surface area contributed by atoms with Gasteiger partial charge >= 0.3 is 5.97 Å². The van der Waals surface area contributed by atoms with Crippen LogP contribution in [0, 0.1) is 0 Å². The Labute approximate surface area is 119 Å². The maximum atomic E-state index is 12.0. The number of rotatable bonds is 4. The highest BCUT2D eigenvalue weighted by molar-refractivity contribution is 5.89. The summed E-state index contributed by atoms with van der Waals surface area (Å²) in [5.41, 5.74) is 1.54. The van der Waals surface area contributed by atoms with Gasteiger partial charge in [0.25, 0.3) is 0 Å². The molecule has 1 aliphatic rings. The summed E-state index contributed by atoms with van der Waals surface area (Å²) in [6.07, 6.45) is 5.57. The second-order valence-corrected chi connectivity index (χ2v) is 5.27. The SMILES string of the molecule is CC(=O)NCc1ccc(C(=O)OC2CCCCC2)cc1. The lowest BCUT2D eigenvalue weighted by Crippen LogP contribution is -2.21. The smallest absolute Gasteiger partial charge is 0.338 e. The van der Waals surface area contributed by atoms with Crippen molar-refractivity contribution in [3.8, 4) is 0 Å². The van der Waals surface area contributed by atoms with Crippen molar-refractivity contribution in [1.29, 1.82) is 0 Å². The van der Waals surface area contributed by atoms with Crippen LogP contribution in [0.2, 0.25) is 0 Å². The molecule has 0 bridgehead atoms. The van der Waals surface area contributed by atoms with Crippen molar-refractivity contribution in [2.45, 2.75) is 51.7 Å². The lowest BCUT2D eigenvalue weighted by molar-refractivity contribution is -0.119. The molecule has 4 heteroatoms. The minimum Gasteiger partial charge on any atom is -0.459 e. The quantitative estimate of drug-likeness (QED) is 0.860. The van der Waals surface area contributed by atoms with E-state index < -0.39 is 0 Å². The largest absolute Gasteiger partial charge is 0.459 e. The van der Waals surface area contributed by atoms with Crippen LogP contribution in [-0.2, 0) is 16.1 Å². The molecule has 0 spiro atoms. The number of carbonyl (C=O) groups is 2. The van der Waals surface area contributed by atoms with Crippen LogP contribution >= 0.6 is 0 Å². The second-order valence-electron chi connectivity index (χ2n) is 5.27. The van der Waals surface area contributed by atoms with Crippen molar-refractivity contribution in [2.24, 2.45) is 0 Å². The molecule has 1 fully saturated rings. The number of esters is 1. The van der Waals surface area contributed by atoms with Crippen molar-refractivity contribution in [3.63, 3.8) is 0 Å². The van der Waals surface area contributed by atoms with Gasteiger partial charge in [-0.05, 0) is 43.4 Å². The molecule has 1 aromatic carbocycles. The lowest BCUT2D eigenvalue weighted by atomic mass is 9.98. The summed E-state index contributed by atoms with van der Waals surface area (Å²) in [6.45, 7) is 1.96. The Morgan fingerprint density at radius 1 is 1.15 bits per heavy atom. The van der Waals surface area contributed by atoms with Crippen LogP contribution in [0.3, 0.4) is 0 Å². The lowest BCUT2D eigenvalue weighted by Gasteiger charge is -2.21. The zero-order chi connectivity index (χ0) is 14.4. The van der Waals surface area contributed by atoms with Crippen LogP contribution in [0.15, 0.2) is 24.3 Å². The molecular weight excluding hydrogens is 254 g/mol. The maximum absolute atomic E-state index is 12.0. The molecule has 0 saturated heterocycles. The van der Waals surface area contributed by atoms with Gasteiger partial charge in [0.2, 0.25) is 5.91 Å². The molecule has 1 aliphatic carbocycles. The standard InChI is InChI=1S/C16H21NO3/c1-12(18)17-11-13-7-9-14(10-8-13)16(19)20-15-5-3-2-4-6-15/h7-10,15H,2-6,11H2,1H3,(H,17,18). The molecule has 0 heterocycles. The summed E-state index contributed by atoms with van der Waals surface area (Å²) in [7, 11) is 0. The number of nitrogens with one attached hydrogen (secondary N) is 1. The van der Waals surface area contributed by atoms with E-state index in [0.29, 0.717) is 12.1 Å². The summed E-state index contributed by atoms with van der Waals surface area (Å²) >= 11 is 0. The zero-order valence-corrected chi connectivity index (χ0v) is 11.9. The first kappa shape index (κ1) is 14.6. The Hall–Kier alpha value is -1.84. The fourth-order valence-electron chi connectivity index (χ4n) is 2.39. The summed E-state index contributed by atoms with van der Waals surface area (Å²) < 4.78 is 5.51. The van der Waals surface area contributed by atoms with E-state index in [-0.39, 0.29) is 18.0 Å². The molecule has 0 aliphatic heterocycles. The third-order valence-electron chi connectivity index (χ3n) is 3.56. The molecule has 0 unspecified atom stereocenters. The maximum Gasteiger partial charge on any atom is 0.338 e. The summed E-state index contributed by atoms with van der Waals surface area (Å²) in [5, 5.41) is 2.72. The van der Waals surface area contributed by atoms with Crippen molar-refractivity contribution >= 4 is 11.9 Å². The Balaban J connectivity index is 1.88. The number of benzene rings is 1. The average Bonchev–Trinajstić information content (AvgIpc) is 2.46. The van der Waals surface area contributed by atoms with Crippen molar-refractivity contribution < 1.29 is 14.3 Å². The van der Waals surface area contributed by atoms with E-state index in [1.165, 1.54) is 13.3 Å². The second kappa shape index (κ2) is 7.08. The van der Waals surface area contributed by atoms with Crippen LogP contribution in [0.1, 0.15) is 54.9 Å². The molecule has 0 radical (unpaired) electrons. The van der Waals surface area contributed by atoms with E-state index in [1.807, 2.05) is 12.1 Å². The van der Waals surface area contributed by atoms with E-state index >= 15 is 0 Å². The summed E-state index contributed by atoms with van der Waals surface area (Å²) in [4.78, 5) is 22.8. The molecule has 1 saturated carbocycles. The van der Waals surface area contributed by atoms with Gasteiger partial charge in [-0.1, -0.05) is 18.6 Å². The van der Waals surface area contributed by atoms with Gasteiger partial charge < -0.3 is 10.1 Å². The topological polar surface area (TPSA) is 55.4 Å². The number of ether oxygens (including phenoxy) is 1. The number of carbonyl (C=O) groups excluding carboxylic acids is 2. The van der Waals surface area contributed by atoms with Crippen LogP contribution in [0.25, 0.3) is 0 Å². The van der Waals surface area contributed by atoms with E-state index in [2.05, 4.69) is 5.32 Å². The normalized spacial score (nSPS) is 15.7. The Morgan fingerprint density at radius 3 is 2.40 bits per heavy atom. The van der Waals surface area contributed by atoms with Gasteiger partial charge in [0.15, 0.2) is 0 Å². The van der Waals surface area contributed by atoms with Crippen LogP contribution in [0.4, 0.5) is 0 Å². The minimum atomic E-state index is -0.247. The predicted octanol–water partition coefficient (Wildman–Crippen LogP) is 2.81. The van der Waals surface area contributed by atoms with Crippen LogP contribution in [-0.4, -0.2) is 18.0 Å². The van der Waals surface area contributed by atoms with Crippen molar-refractivity contribution in [3.05, 3.63) is 35.4 Å². The van der Waals surface area contributed by atoms with Gasteiger partial charge in [0.05, 0.1) is 5.56 Å². The highest BCUT2D eigenvalue weighted by atomic mass is 16.5. The van der Waals surface area contributed by atoms with E-state index in [1.54, 1.807) is 12.1 Å². The zero-order valence-electron chi connectivity index (χ0n) is 11.9. The van der Waals surface area contributed by atoms with Gasteiger partial charge in [0, 0.05) is 13.5 Å². The Kier molecular flexibility index (Phi) is 5.16. The molecule has 1 amide bonds. The van der Waals surface area contributed by atoms with Gasteiger partial charge in [-0.25, -0.2) is 4.79 Å². The average molecular weight is 275 g/mol. The third-order valence-corrected chi connectivity index (χ3v) is 3.56. The summed E-state index contributed by atoms with van der Waals surface area (Å²) in [6, 6.07) is 7.19. The molecular formula is C16H21NO3. The molecule has 0 aromatic heterocycles. The third kappa shape index (κ3) is 4.37. The van der Waals surface area contributed by atoms with E-state index in [9.17, 15) is 9.59 Å². The van der Waals surface area contributed by atoms with Gasteiger partial charge in [-0.15, -0.1) is 0 Å². The number of amides is 1. The molecule has 108 valence electrons. The highest BCUT2D eigenvalue weighted by Gasteiger charge is 2.18.